The summed E-state index contributed by atoms with van der Waals surface area (Å²) in [5, 5.41) is 1.79. The van der Waals surface area contributed by atoms with E-state index in [0.717, 1.165) is 56.0 Å². The number of carbonyl (C=O) groups excluding carboxylic acids is 1. The number of carbonyl (C=O) groups is 1. The third kappa shape index (κ3) is 3.75. The first-order valence-corrected chi connectivity index (χ1v) is 12.2. The maximum atomic E-state index is 12.9. The molecule has 3 aromatic rings. The van der Waals surface area contributed by atoms with Crippen LogP contribution in [0.5, 0.6) is 0 Å². The molecule has 6 rings (SSSR count). The summed E-state index contributed by atoms with van der Waals surface area (Å²) in [7, 11) is 0. The summed E-state index contributed by atoms with van der Waals surface area (Å²) in [6.07, 6.45) is 4.26. The SMILES string of the molecule is Cc1ccc2c(N3CC(N4CCN(C(=O)c5ccc(Cl)cc5)CC4)C4(CC4)C3)ncnc2c1. The van der Waals surface area contributed by atoms with E-state index >= 15 is 0 Å². The number of rotatable bonds is 3. The zero-order valence-corrected chi connectivity index (χ0v) is 19.6. The monoisotopic (exact) mass is 461 g/mol. The lowest BCUT2D eigenvalue weighted by Crippen LogP contribution is -2.54. The fourth-order valence-corrected chi connectivity index (χ4v) is 5.81. The topological polar surface area (TPSA) is 52.6 Å². The van der Waals surface area contributed by atoms with Crippen LogP contribution in [0.25, 0.3) is 10.9 Å². The predicted octanol–water partition coefficient (Wildman–Crippen LogP) is 4.02. The standard InChI is InChI=1S/C26H28ClN5O/c1-18-2-7-21-22(14-18)28-17-29-24(21)32-15-23(26(16-32)8-9-26)30-10-12-31(13-11-30)25(33)19-3-5-20(27)6-4-19/h2-7,14,17,23H,8-13,15-16H2,1H3. The van der Waals surface area contributed by atoms with Gasteiger partial charge in [-0.25, -0.2) is 9.97 Å². The van der Waals surface area contributed by atoms with Gasteiger partial charge in [0.25, 0.3) is 5.91 Å². The Balaban J connectivity index is 1.17. The van der Waals surface area contributed by atoms with Crippen LogP contribution in [0.3, 0.4) is 0 Å². The molecule has 7 heteroatoms. The van der Waals surface area contributed by atoms with Gasteiger partial charge in [-0.05, 0) is 61.7 Å². The molecule has 0 bridgehead atoms. The number of hydrogen-bond donors (Lipinski definition) is 0. The van der Waals surface area contributed by atoms with Crippen LogP contribution in [-0.4, -0.2) is 71.0 Å². The lowest BCUT2D eigenvalue weighted by molar-refractivity contribution is 0.0528. The largest absolute Gasteiger partial charge is 0.354 e. The van der Waals surface area contributed by atoms with Crippen LogP contribution in [-0.2, 0) is 0 Å². The molecule has 6 nitrogen and oxygen atoms in total. The van der Waals surface area contributed by atoms with E-state index < -0.39 is 0 Å². The van der Waals surface area contributed by atoms with E-state index in [9.17, 15) is 4.79 Å². The van der Waals surface area contributed by atoms with Crippen molar-refractivity contribution in [1.82, 2.24) is 19.8 Å². The molecule has 1 atom stereocenters. The van der Waals surface area contributed by atoms with E-state index in [4.69, 9.17) is 16.6 Å². The summed E-state index contributed by atoms with van der Waals surface area (Å²) in [4.78, 5) is 29.2. The van der Waals surface area contributed by atoms with Gasteiger partial charge in [0.1, 0.15) is 12.1 Å². The molecule has 2 aromatic carbocycles. The zero-order chi connectivity index (χ0) is 22.6. The van der Waals surface area contributed by atoms with Gasteiger partial charge in [-0.2, -0.15) is 0 Å². The van der Waals surface area contributed by atoms with Gasteiger partial charge in [-0.3, -0.25) is 9.69 Å². The van der Waals surface area contributed by atoms with Gasteiger partial charge in [0.2, 0.25) is 0 Å². The smallest absolute Gasteiger partial charge is 0.253 e. The molecule has 1 spiro atoms. The second-order valence-electron chi connectivity index (χ2n) is 9.81. The molecule has 1 aromatic heterocycles. The summed E-state index contributed by atoms with van der Waals surface area (Å²) in [5.74, 6) is 1.16. The molecule has 0 N–H and O–H groups in total. The van der Waals surface area contributed by atoms with Gasteiger partial charge < -0.3 is 9.80 Å². The summed E-state index contributed by atoms with van der Waals surface area (Å²) in [6, 6.07) is 14.2. The van der Waals surface area contributed by atoms with Crippen LogP contribution in [0.15, 0.2) is 48.8 Å². The molecule has 3 fully saturated rings. The number of hydrogen-bond acceptors (Lipinski definition) is 5. The molecule has 1 amide bonds. The fraction of sp³-hybridized carbons (Fsp3) is 0.423. The van der Waals surface area contributed by atoms with Crippen molar-refractivity contribution in [2.75, 3.05) is 44.2 Å². The molecule has 0 radical (unpaired) electrons. The van der Waals surface area contributed by atoms with Crippen molar-refractivity contribution in [3.8, 4) is 0 Å². The highest BCUT2D eigenvalue weighted by Gasteiger charge is 2.57. The summed E-state index contributed by atoms with van der Waals surface area (Å²) < 4.78 is 0. The lowest BCUT2D eigenvalue weighted by Gasteiger charge is -2.40. The number of anilines is 1. The number of benzene rings is 2. The molecule has 170 valence electrons. The van der Waals surface area contributed by atoms with Crippen molar-refractivity contribution in [3.63, 3.8) is 0 Å². The Morgan fingerprint density at radius 3 is 2.52 bits per heavy atom. The molecule has 1 unspecified atom stereocenters. The average Bonchev–Trinajstić information content (AvgIpc) is 3.51. The van der Waals surface area contributed by atoms with Gasteiger partial charge in [0.05, 0.1) is 5.52 Å². The molecule has 1 saturated carbocycles. The Bertz CT molecular complexity index is 1200. The van der Waals surface area contributed by atoms with Crippen molar-refractivity contribution in [2.45, 2.75) is 25.8 Å². The minimum absolute atomic E-state index is 0.100. The third-order valence-corrected chi connectivity index (χ3v) is 7.95. The second-order valence-corrected chi connectivity index (χ2v) is 10.2. The average molecular weight is 462 g/mol. The van der Waals surface area contributed by atoms with E-state index in [1.54, 1.807) is 18.5 Å². The number of piperazine rings is 1. The first kappa shape index (κ1) is 20.9. The zero-order valence-electron chi connectivity index (χ0n) is 18.9. The molecular formula is C26H28ClN5O. The van der Waals surface area contributed by atoms with Gasteiger partial charge in [0, 0.05) is 66.7 Å². The highest BCUT2D eigenvalue weighted by molar-refractivity contribution is 6.30. The molecular weight excluding hydrogens is 434 g/mol. The van der Waals surface area contributed by atoms with E-state index in [-0.39, 0.29) is 5.91 Å². The van der Waals surface area contributed by atoms with Crippen LogP contribution in [0.2, 0.25) is 5.02 Å². The second kappa shape index (κ2) is 7.96. The minimum Gasteiger partial charge on any atom is -0.354 e. The number of aryl methyl sites for hydroxylation is 1. The Labute approximate surface area is 199 Å². The van der Waals surface area contributed by atoms with Crippen molar-refractivity contribution in [2.24, 2.45) is 5.41 Å². The normalized spacial score (nSPS) is 22.3. The van der Waals surface area contributed by atoms with Crippen LogP contribution in [0.1, 0.15) is 28.8 Å². The Morgan fingerprint density at radius 1 is 1.03 bits per heavy atom. The van der Waals surface area contributed by atoms with Crippen LogP contribution in [0, 0.1) is 12.3 Å². The number of amides is 1. The maximum absolute atomic E-state index is 12.9. The first-order valence-electron chi connectivity index (χ1n) is 11.8. The van der Waals surface area contributed by atoms with Gasteiger partial charge in [-0.15, -0.1) is 0 Å². The van der Waals surface area contributed by atoms with E-state index in [2.05, 4.69) is 39.9 Å². The molecule has 2 aliphatic heterocycles. The minimum atomic E-state index is 0.100. The Hall–Kier alpha value is -2.70. The van der Waals surface area contributed by atoms with E-state index in [1.807, 2.05) is 17.0 Å². The van der Waals surface area contributed by atoms with Crippen molar-refractivity contribution < 1.29 is 4.79 Å². The lowest BCUT2D eigenvalue weighted by atomic mass is 9.98. The third-order valence-electron chi connectivity index (χ3n) is 7.70. The van der Waals surface area contributed by atoms with Crippen molar-refractivity contribution in [3.05, 3.63) is 64.9 Å². The molecule has 2 saturated heterocycles. The predicted molar refractivity (Wildman–Crippen MR) is 131 cm³/mol. The van der Waals surface area contributed by atoms with E-state index in [1.165, 1.54) is 18.4 Å². The highest BCUT2D eigenvalue weighted by atomic mass is 35.5. The van der Waals surface area contributed by atoms with Crippen LogP contribution < -0.4 is 4.90 Å². The molecule has 3 aliphatic rings. The maximum Gasteiger partial charge on any atom is 0.253 e. The highest BCUT2D eigenvalue weighted by Crippen LogP contribution is 2.55. The first-order chi connectivity index (χ1) is 16.0. The summed E-state index contributed by atoms with van der Waals surface area (Å²) >= 11 is 5.98. The summed E-state index contributed by atoms with van der Waals surface area (Å²) in [5.41, 5.74) is 3.31. The molecule has 1 aliphatic carbocycles. The number of halogens is 1. The van der Waals surface area contributed by atoms with Crippen molar-refractivity contribution in [1.29, 1.82) is 0 Å². The van der Waals surface area contributed by atoms with E-state index in [0.29, 0.717) is 22.0 Å². The summed E-state index contributed by atoms with van der Waals surface area (Å²) in [6.45, 7) is 7.52. The van der Waals surface area contributed by atoms with Crippen LogP contribution in [0.4, 0.5) is 5.82 Å². The van der Waals surface area contributed by atoms with Crippen LogP contribution >= 0.6 is 11.6 Å². The van der Waals surface area contributed by atoms with Gasteiger partial charge >= 0.3 is 0 Å². The molecule has 3 heterocycles. The molecule has 33 heavy (non-hydrogen) atoms. The fourth-order valence-electron chi connectivity index (χ4n) is 5.69. The Morgan fingerprint density at radius 2 is 1.79 bits per heavy atom. The number of aromatic nitrogens is 2. The number of fused-ring (bicyclic) bond motifs is 1. The quantitative estimate of drug-likeness (QED) is 0.589. The van der Waals surface area contributed by atoms with Gasteiger partial charge in [0.15, 0.2) is 0 Å². The van der Waals surface area contributed by atoms with Gasteiger partial charge in [-0.1, -0.05) is 17.7 Å². The number of nitrogens with zero attached hydrogens (tertiary/aromatic N) is 5. The Kier molecular flexibility index (Phi) is 5.03. The van der Waals surface area contributed by atoms with Crippen molar-refractivity contribution >= 4 is 34.2 Å².